The Hall–Kier alpha value is -2.29. The highest BCUT2D eigenvalue weighted by Gasteiger charge is 2.33. The first-order valence-electron chi connectivity index (χ1n) is 7.23. The van der Waals surface area contributed by atoms with Gasteiger partial charge in [-0.25, -0.2) is 0 Å². The van der Waals surface area contributed by atoms with Crippen LogP contribution in [0.5, 0.6) is 0 Å². The lowest BCUT2D eigenvalue weighted by Gasteiger charge is -2.20. The van der Waals surface area contributed by atoms with Crippen LogP contribution in [-0.4, -0.2) is 29.8 Å². The summed E-state index contributed by atoms with van der Waals surface area (Å²) in [5.41, 5.74) is -1.31. The molecule has 1 heterocycles. The van der Waals surface area contributed by atoms with E-state index in [9.17, 15) is 22.8 Å². The maximum Gasteiger partial charge on any atom is 0.418 e. The zero-order chi connectivity index (χ0) is 18.6. The average Bonchev–Trinajstić information content (AvgIpc) is 2.98. The number of nitrogens with one attached hydrogen (secondary N) is 1. The van der Waals surface area contributed by atoms with E-state index >= 15 is 0 Å². The van der Waals surface area contributed by atoms with Gasteiger partial charge < -0.3 is 14.6 Å². The van der Waals surface area contributed by atoms with Gasteiger partial charge in [-0.3, -0.25) is 9.59 Å². The third-order valence-electron chi connectivity index (χ3n) is 3.29. The van der Waals surface area contributed by atoms with Gasteiger partial charge in [0.15, 0.2) is 10.4 Å². The Kier molecular flexibility index (Phi) is 5.89. The van der Waals surface area contributed by atoms with Crippen LogP contribution in [0.4, 0.5) is 18.9 Å². The number of rotatable bonds is 5. The van der Waals surface area contributed by atoms with E-state index in [4.69, 9.17) is 4.42 Å². The van der Waals surface area contributed by atoms with Gasteiger partial charge in [-0.05, 0) is 47.1 Å². The standard InChI is InChI=1S/C16H14BrF3N2O3/c1-2-22(15(24)12-7-8-13(17)25-12)9-14(23)21-11-6-4-3-5-10(11)16(18,19)20/h3-8H,2,9H2,1H3,(H,21,23). The van der Waals surface area contributed by atoms with Crippen molar-refractivity contribution in [3.05, 3.63) is 52.4 Å². The molecule has 9 heteroatoms. The van der Waals surface area contributed by atoms with Gasteiger partial charge in [-0.1, -0.05) is 12.1 Å². The van der Waals surface area contributed by atoms with Crippen molar-refractivity contribution in [2.24, 2.45) is 0 Å². The normalized spacial score (nSPS) is 11.2. The number of carbonyl (C=O) groups excluding carboxylic acids is 2. The minimum absolute atomic E-state index is 0.0252. The van der Waals surface area contributed by atoms with E-state index in [2.05, 4.69) is 21.2 Å². The Bertz CT molecular complexity index is 774. The van der Waals surface area contributed by atoms with Gasteiger partial charge in [0.2, 0.25) is 5.91 Å². The zero-order valence-electron chi connectivity index (χ0n) is 13.1. The molecule has 2 amide bonds. The summed E-state index contributed by atoms with van der Waals surface area (Å²) >= 11 is 3.07. The van der Waals surface area contributed by atoms with E-state index in [1.54, 1.807) is 6.92 Å². The third-order valence-corrected chi connectivity index (χ3v) is 3.72. The van der Waals surface area contributed by atoms with Crippen LogP contribution in [0.25, 0.3) is 0 Å². The molecule has 0 bridgehead atoms. The van der Waals surface area contributed by atoms with Crippen LogP contribution < -0.4 is 5.32 Å². The lowest BCUT2D eigenvalue weighted by atomic mass is 10.1. The third kappa shape index (κ3) is 4.85. The molecule has 0 unspecified atom stereocenters. The number of hydrogen-bond donors (Lipinski definition) is 1. The molecule has 0 saturated carbocycles. The number of nitrogens with zero attached hydrogens (tertiary/aromatic N) is 1. The maximum atomic E-state index is 12.9. The quantitative estimate of drug-likeness (QED) is 0.792. The van der Waals surface area contributed by atoms with Crippen LogP contribution >= 0.6 is 15.9 Å². The molecular formula is C16H14BrF3N2O3. The molecule has 0 aliphatic rings. The van der Waals surface area contributed by atoms with Crippen LogP contribution in [0.3, 0.4) is 0 Å². The Morgan fingerprint density at radius 3 is 2.44 bits per heavy atom. The molecule has 0 spiro atoms. The fourth-order valence-electron chi connectivity index (χ4n) is 2.11. The zero-order valence-corrected chi connectivity index (χ0v) is 14.6. The second-order valence-electron chi connectivity index (χ2n) is 5.01. The number of hydrogen-bond acceptors (Lipinski definition) is 3. The Morgan fingerprint density at radius 2 is 1.88 bits per heavy atom. The van der Waals surface area contributed by atoms with Crippen molar-refractivity contribution in [2.75, 3.05) is 18.4 Å². The first kappa shape index (κ1) is 19.0. The predicted octanol–water partition coefficient (Wildman–Crippen LogP) is 4.16. The Labute approximate surface area is 149 Å². The first-order valence-corrected chi connectivity index (χ1v) is 8.02. The molecule has 0 fully saturated rings. The van der Waals surface area contributed by atoms with E-state index in [1.165, 1.54) is 24.3 Å². The maximum absolute atomic E-state index is 12.9. The summed E-state index contributed by atoms with van der Waals surface area (Å²) in [6, 6.07) is 7.61. The van der Waals surface area contributed by atoms with Gasteiger partial charge >= 0.3 is 6.18 Å². The highest BCUT2D eigenvalue weighted by atomic mass is 79.9. The van der Waals surface area contributed by atoms with Crippen molar-refractivity contribution in [2.45, 2.75) is 13.1 Å². The van der Waals surface area contributed by atoms with E-state index in [0.717, 1.165) is 17.0 Å². The van der Waals surface area contributed by atoms with Crippen LogP contribution in [0.1, 0.15) is 23.0 Å². The van der Waals surface area contributed by atoms with Gasteiger partial charge in [0.1, 0.15) is 6.54 Å². The van der Waals surface area contributed by atoms with Gasteiger partial charge in [-0.15, -0.1) is 0 Å². The second-order valence-corrected chi connectivity index (χ2v) is 5.80. The van der Waals surface area contributed by atoms with Crippen molar-refractivity contribution >= 4 is 33.4 Å². The highest BCUT2D eigenvalue weighted by molar-refractivity contribution is 9.10. The van der Waals surface area contributed by atoms with E-state index in [-0.39, 0.29) is 18.0 Å². The fraction of sp³-hybridized carbons (Fsp3) is 0.250. The van der Waals surface area contributed by atoms with Gasteiger partial charge in [0, 0.05) is 6.54 Å². The van der Waals surface area contributed by atoms with Gasteiger partial charge in [0.05, 0.1) is 11.3 Å². The topological polar surface area (TPSA) is 62.6 Å². The van der Waals surface area contributed by atoms with Crippen molar-refractivity contribution in [1.82, 2.24) is 4.90 Å². The van der Waals surface area contributed by atoms with Crippen molar-refractivity contribution < 1.29 is 27.2 Å². The first-order chi connectivity index (χ1) is 11.7. The molecule has 1 N–H and O–H groups in total. The van der Waals surface area contributed by atoms with E-state index in [1.807, 2.05) is 0 Å². The summed E-state index contributed by atoms with van der Waals surface area (Å²) in [4.78, 5) is 25.5. The van der Waals surface area contributed by atoms with Crippen LogP contribution in [0, 0.1) is 0 Å². The molecular weight excluding hydrogens is 405 g/mol. The minimum Gasteiger partial charge on any atom is -0.444 e. The van der Waals surface area contributed by atoms with Crippen LogP contribution in [0.15, 0.2) is 45.5 Å². The molecule has 5 nitrogen and oxygen atoms in total. The van der Waals surface area contributed by atoms with Crippen molar-refractivity contribution in [3.63, 3.8) is 0 Å². The summed E-state index contributed by atoms with van der Waals surface area (Å²) in [6.45, 7) is 1.43. The molecule has 0 aliphatic heterocycles. The lowest BCUT2D eigenvalue weighted by molar-refractivity contribution is -0.137. The SMILES string of the molecule is CCN(CC(=O)Nc1ccccc1C(F)(F)F)C(=O)c1ccc(Br)o1. The number of amides is 2. The molecule has 1 aromatic heterocycles. The van der Waals surface area contributed by atoms with Gasteiger partial charge in [-0.2, -0.15) is 13.2 Å². The summed E-state index contributed by atoms with van der Waals surface area (Å²) < 4.78 is 44.3. The molecule has 0 atom stereocenters. The molecule has 0 saturated heterocycles. The second kappa shape index (κ2) is 7.73. The number of para-hydroxylation sites is 1. The Balaban J connectivity index is 2.10. The number of halogens is 4. The lowest BCUT2D eigenvalue weighted by Crippen LogP contribution is -2.38. The number of likely N-dealkylation sites (N-methyl/N-ethyl adjacent to an activating group) is 1. The minimum atomic E-state index is -4.59. The molecule has 25 heavy (non-hydrogen) atoms. The Morgan fingerprint density at radius 1 is 1.20 bits per heavy atom. The monoisotopic (exact) mass is 418 g/mol. The molecule has 2 rings (SSSR count). The summed E-state index contributed by atoms with van der Waals surface area (Å²) in [5.74, 6) is -1.25. The highest BCUT2D eigenvalue weighted by Crippen LogP contribution is 2.34. The van der Waals surface area contributed by atoms with Crippen LogP contribution in [0.2, 0.25) is 0 Å². The van der Waals surface area contributed by atoms with Crippen LogP contribution in [-0.2, 0) is 11.0 Å². The number of benzene rings is 1. The van der Waals surface area contributed by atoms with Crippen molar-refractivity contribution in [1.29, 1.82) is 0 Å². The fourth-order valence-corrected chi connectivity index (χ4v) is 2.42. The predicted molar refractivity (Wildman–Crippen MR) is 88.1 cm³/mol. The summed E-state index contributed by atoms with van der Waals surface area (Å²) in [5, 5.41) is 2.20. The number of anilines is 1. The molecule has 0 aliphatic carbocycles. The smallest absolute Gasteiger partial charge is 0.418 e. The number of carbonyl (C=O) groups is 2. The molecule has 1 aromatic carbocycles. The number of alkyl halides is 3. The van der Waals surface area contributed by atoms with E-state index < -0.39 is 30.1 Å². The molecule has 0 radical (unpaired) electrons. The summed E-state index contributed by atoms with van der Waals surface area (Å²) in [6.07, 6.45) is -4.59. The number of furan rings is 1. The molecule has 134 valence electrons. The average molecular weight is 419 g/mol. The largest absolute Gasteiger partial charge is 0.444 e. The van der Waals surface area contributed by atoms with Gasteiger partial charge in [0.25, 0.3) is 5.91 Å². The molecule has 2 aromatic rings. The summed E-state index contributed by atoms with van der Waals surface area (Å²) in [7, 11) is 0. The van der Waals surface area contributed by atoms with Crippen molar-refractivity contribution in [3.8, 4) is 0 Å². The van der Waals surface area contributed by atoms with E-state index in [0.29, 0.717) is 4.67 Å².